The molecule has 0 aliphatic rings. The lowest BCUT2D eigenvalue weighted by atomic mass is 9.94. The van der Waals surface area contributed by atoms with Gasteiger partial charge >= 0.3 is 0 Å². The molecule has 2 aromatic carbocycles. The summed E-state index contributed by atoms with van der Waals surface area (Å²) < 4.78 is 8.87. The number of nitrogens with zero attached hydrogens (tertiary/aromatic N) is 4. The molecule has 172 valence electrons. The molecule has 0 aliphatic carbocycles. The fourth-order valence-electron chi connectivity index (χ4n) is 3.78. The van der Waals surface area contributed by atoms with Gasteiger partial charge < -0.3 is 9.84 Å². The monoisotopic (exact) mass is 508 g/mol. The van der Waals surface area contributed by atoms with Gasteiger partial charge in [0, 0.05) is 18.3 Å². The van der Waals surface area contributed by atoms with Crippen LogP contribution in [0.1, 0.15) is 45.9 Å². The van der Waals surface area contributed by atoms with E-state index in [1.54, 1.807) is 20.0 Å². The predicted molar refractivity (Wildman–Crippen MR) is 134 cm³/mol. The smallest absolute Gasteiger partial charge is 0.136 e. The van der Waals surface area contributed by atoms with Crippen molar-refractivity contribution in [2.75, 3.05) is 0 Å². The van der Waals surface area contributed by atoms with Crippen molar-refractivity contribution in [2.45, 2.75) is 53.4 Å². The standard InChI is InChI=1S/C26H29BrN4O2/c1-25(2,3)16-31-20-11-12-21(22(27)23(20)29-30-31)33-15-17-8-6-9-18(14-17)19-10-7-13-28-24(19)26(4,5)32/h6-14,32H,15-16H2,1-5H3. The molecule has 4 rings (SSSR count). The van der Waals surface area contributed by atoms with Crippen molar-refractivity contribution in [1.82, 2.24) is 20.0 Å². The summed E-state index contributed by atoms with van der Waals surface area (Å²) in [5.74, 6) is 0.717. The van der Waals surface area contributed by atoms with Crippen molar-refractivity contribution in [3.63, 3.8) is 0 Å². The highest BCUT2D eigenvalue weighted by atomic mass is 79.9. The summed E-state index contributed by atoms with van der Waals surface area (Å²) in [6.45, 7) is 11.2. The molecule has 1 N–H and O–H groups in total. The average Bonchev–Trinajstić information content (AvgIpc) is 3.15. The van der Waals surface area contributed by atoms with Crippen LogP contribution in [0, 0.1) is 5.41 Å². The van der Waals surface area contributed by atoms with E-state index in [1.807, 2.05) is 47.1 Å². The third-order valence-electron chi connectivity index (χ3n) is 5.23. The lowest BCUT2D eigenvalue weighted by molar-refractivity contribution is 0.0745. The fourth-order valence-corrected chi connectivity index (χ4v) is 4.31. The molecular weight excluding hydrogens is 480 g/mol. The zero-order chi connectivity index (χ0) is 23.8. The third kappa shape index (κ3) is 5.25. The number of hydrogen-bond acceptors (Lipinski definition) is 5. The number of benzene rings is 2. The van der Waals surface area contributed by atoms with Gasteiger partial charge in [0.05, 0.1) is 15.7 Å². The van der Waals surface area contributed by atoms with E-state index < -0.39 is 5.60 Å². The summed E-state index contributed by atoms with van der Waals surface area (Å²) in [6.07, 6.45) is 1.70. The molecule has 33 heavy (non-hydrogen) atoms. The number of fused-ring (bicyclic) bond motifs is 1. The molecule has 0 fully saturated rings. The zero-order valence-electron chi connectivity index (χ0n) is 19.6. The second kappa shape index (κ2) is 8.88. The molecule has 0 saturated carbocycles. The number of hydrogen-bond donors (Lipinski definition) is 1. The Labute approximate surface area is 202 Å². The van der Waals surface area contributed by atoms with Crippen LogP contribution >= 0.6 is 15.9 Å². The molecule has 0 unspecified atom stereocenters. The number of halogens is 1. The van der Waals surface area contributed by atoms with Crippen LogP contribution in [0.5, 0.6) is 5.75 Å². The van der Waals surface area contributed by atoms with Gasteiger partial charge in [-0.15, -0.1) is 5.10 Å². The Morgan fingerprint density at radius 1 is 1.03 bits per heavy atom. The molecule has 2 heterocycles. The Kier molecular flexibility index (Phi) is 6.29. The minimum atomic E-state index is -1.03. The van der Waals surface area contributed by atoms with Gasteiger partial charge in [-0.3, -0.25) is 4.98 Å². The maximum absolute atomic E-state index is 10.5. The van der Waals surface area contributed by atoms with E-state index in [4.69, 9.17) is 4.74 Å². The van der Waals surface area contributed by atoms with Gasteiger partial charge in [-0.1, -0.05) is 50.3 Å². The van der Waals surface area contributed by atoms with Gasteiger partial charge in [0.1, 0.15) is 23.5 Å². The molecular formula is C26H29BrN4O2. The first kappa shape index (κ1) is 23.4. The van der Waals surface area contributed by atoms with Crippen LogP contribution in [0.15, 0.2) is 59.2 Å². The summed E-state index contributed by atoms with van der Waals surface area (Å²) in [7, 11) is 0. The first-order valence-electron chi connectivity index (χ1n) is 10.9. The SMILES string of the molecule is CC(C)(C)Cn1nnc2c(Br)c(OCc3cccc(-c4cccnc4C(C)(C)O)c3)ccc21. The van der Waals surface area contributed by atoms with Crippen LogP contribution in [0.2, 0.25) is 0 Å². The molecule has 2 aromatic heterocycles. The van der Waals surface area contributed by atoms with E-state index in [-0.39, 0.29) is 5.41 Å². The highest BCUT2D eigenvalue weighted by molar-refractivity contribution is 9.10. The highest BCUT2D eigenvalue weighted by Crippen LogP contribution is 2.34. The van der Waals surface area contributed by atoms with E-state index in [0.717, 1.165) is 38.7 Å². The van der Waals surface area contributed by atoms with Gasteiger partial charge in [-0.2, -0.15) is 0 Å². The molecule has 0 atom stereocenters. The number of rotatable bonds is 6. The van der Waals surface area contributed by atoms with E-state index in [2.05, 4.69) is 58.1 Å². The first-order chi connectivity index (χ1) is 15.5. The number of aromatic nitrogens is 4. The Morgan fingerprint density at radius 3 is 2.55 bits per heavy atom. The van der Waals surface area contributed by atoms with Gasteiger partial charge in [-0.25, -0.2) is 4.68 Å². The second-order valence-corrected chi connectivity index (χ2v) is 10.8. The molecule has 0 radical (unpaired) electrons. The minimum absolute atomic E-state index is 0.104. The maximum Gasteiger partial charge on any atom is 0.136 e. The molecule has 6 nitrogen and oxygen atoms in total. The van der Waals surface area contributed by atoms with Crippen molar-refractivity contribution >= 4 is 27.0 Å². The van der Waals surface area contributed by atoms with E-state index in [1.165, 1.54) is 0 Å². The lowest BCUT2D eigenvalue weighted by Gasteiger charge is -2.20. The van der Waals surface area contributed by atoms with E-state index in [0.29, 0.717) is 18.1 Å². The Bertz CT molecular complexity index is 1290. The summed E-state index contributed by atoms with van der Waals surface area (Å²) in [6, 6.07) is 15.9. The number of aliphatic hydroxyl groups is 1. The first-order valence-corrected chi connectivity index (χ1v) is 11.7. The van der Waals surface area contributed by atoms with Crippen molar-refractivity contribution in [3.8, 4) is 16.9 Å². The summed E-state index contributed by atoms with van der Waals surface area (Å²) in [4.78, 5) is 4.41. The van der Waals surface area contributed by atoms with Gasteiger partial charge in [-0.05, 0) is 70.6 Å². The minimum Gasteiger partial charge on any atom is -0.488 e. The van der Waals surface area contributed by atoms with Crippen LogP contribution in [-0.2, 0) is 18.8 Å². The second-order valence-electron chi connectivity index (χ2n) is 10.0. The molecule has 7 heteroatoms. The van der Waals surface area contributed by atoms with Crippen molar-refractivity contribution in [1.29, 1.82) is 0 Å². The van der Waals surface area contributed by atoms with Crippen molar-refractivity contribution in [2.24, 2.45) is 5.41 Å². The fraction of sp³-hybridized carbons (Fsp3) is 0.346. The Morgan fingerprint density at radius 2 is 1.82 bits per heavy atom. The van der Waals surface area contributed by atoms with Crippen LogP contribution in [0.4, 0.5) is 0 Å². The summed E-state index contributed by atoms with van der Waals surface area (Å²) >= 11 is 3.65. The third-order valence-corrected chi connectivity index (χ3v) is 6.00. The molecule has 0 aliphatic heterocycles. The molecule has 0 spiro atoms. The van der Waals surface area contributed by atoms with Crippen molar-refractivity contribution in [3.05, 3.63) is 70.5 Å². The van der Waals surface area contributed by atoms with Gasteiger partial charge in [0.2, 0.25) is 0 Å². The van der Waals surface area contributed by atoms with Gasteiger partial charge in [0.15, 0.2) is 0 Å². The van der Waals surface area contributed by atoms with Crippen LogP contribution in [0.3, 0.4) is 0 Å². The lowest BCUT2D eigenvalue weighted by Crippen LogP contribution is -2.18. The van der Waals surface area contributed by atoms with Crippen LogP contribution in [-0.4, -0.2) is 25.1 Å². The largest absolute Gasteiger partial charge is 0.488 e. The average molecular weight is 509 g/mol. The predicted octanol–water partition coefficient (Wildman–Crippen LogP) is 6.11. The molecule has 0 saturated heterocycles. The van der Waals surface area contributed by atoms with E-state index >= 15 is 0 Å². The Hall–Kier alpha value is -2.77. The Balaban J connectivity index is 1.57. The molecule has 0 bridgehead atoms. The molecule has 0 amide bonds. The van der Waals surface area contributed by atoms with Crippen LogP contribution < -0.4 is 4.74 Å². The topological polar surface area (TPSA) is 73.1 Å². The highest BCUT2D eigenvalue weighted by Gasteiger charge is 2.22. The quantitative estimate of drug-likeness (QED) is 0.340. The summed E-state index contributed by atoms with van der Waals surface area (Å²) in [5, 5.41) is 19.2. The zero-order valence-corrected chi connectivity index (χ0v) is 21.2. The van der Waals surface area contributed by atoms with Crippen LogP contribution in [0.25, 0.3) is 22.2 Å². The van der Waals surface area contributed by atoms with Crippen molar-refractivity contribution < 1.29 is 9.84 Å². The normalized spacial score (nSPS) is 12.3. The number of ether oxygens (including phenoxy) is 1. The van der Waals surface area contributed by atoms with E-state index in [9.17, 15) is 5.11 Å². The maximum atomic E-state index is 10.5. The summed E-state index contributed by atoms with van der Waals surface area (Å²) in [5.41, 5.74) is 4.39. The molecule has 4 aromatic rings. The number of pyridine rings is 1. The van der Waals surface area contributed by atoms with Gasteiger partial charge in [0.25, 0.3) is 0 Å².